The standard InChI is InChI=1S/C11H13BrN2O3S/c1-4(2)13-7-9(15)14-8(11(16)17)6(12)5(3)18-10(7)14/h5,7,10H,1-3H3,(H,16,17)/t5?,7-,10-/m1/s1. The van der Waals surface area contributed by atoms with Gasteiger partial charge in [-0.3, -0.25) is 14.7 Å². The topological polar surface area (TPSA) is 70.0 Å². The van der Waals surface area contributed by atoms with Crippen molar-refractivity contribution in [3.8, 4) is 0 Å². The van der Waals surface area contributed by atoms with E-state index in [0.717, 1.165) is 5.71 Å². The van der Waals surface area contributed by atoms with E-state index in [0.29, 0.717) is 4.48 Å². The molecule has 0 saturated carbocycles. The van der Waals surface area contributed by atoms with Gasteiger partial charge in [-0.15, -0.1) is 11.8 Å². The van der Waals surface area contributed by atoms with Crippen LogP contribution in [-0.2, 0) is 9.59 Å². The van der Waals surface area contributed by atoms with Crippen molar-refractivity contribution >= 4 is 45.3 Å². The zero-order chi connectivity index (χ0) is 13.6. The second-order valence-corrected chi connectivity index (χ2v) is 6.72. The van der Waals surface area contributed by atoms with Gasteiger partial charge in [0.1, 0.15) is 11.1 Å². The Morgan fingerprint density at radius 1 is 1.50 bits per heavy atom. The maximum atomic E-state index is 12.0. The van der Waals surface area contributed by atoms with Gasteiger partial charge in [-0.2, -0.15) is 0 Å². The molecule has 5 nitrogen and oxygen atoms in total. The number of carboxylic acid groups (broad SMARTS) is 1. The normalized spacial score (nSPS) is 30.8. The van der Waals surface area contributed by atoms with Crippen LogP contribution in [0.2, 0.25) is 0 Å². The predicted molar refractivity (Wildman–Crippen MR) is 73.8 cm³/mol. The van der Waals surface area contributed by atoms with Gasteiger partial charge >= 0.3 is 5.97 Å². The molecule has 1 N–H and O–H groups in total. The number of nitrogens with zero attached hydrogens (tertiary/aromatic N) is 2. The molecule has 7 heteroatoms. The Labute approximate surface area is 117 Å². The maximum Gasteiger partial charge on any atom is 0.353 e. The molecule has 0 bridgehead atoms. The van der Waals surface area contributed by atoms with Crippen LogP contribution in [0, 0.1) is 0 Å². The highest BCUT2D eigenvalue weighted by atomic mass is 79.9. The number of aliphatic carboxylic acids is 1. The van der Waals surface area contributed by atoms with Crippen molar-refractivity contribution in [3.05, 3.63) is 10.2 Å². The lowest BCUT2D eigenvalue weighted by Gasteiger charge is -2.48. The van der Waals surface area contributed by atoms with E-state index in [1.165, 1.54) is 4.90 Å². The van der Waals surface area contributed by atoms with Crippen LogP contribution >= 0.6 is 27.7 Å². The fourth-order valence-electron chi connectivity index (χ4n) is 2.00. The van der Waals surface area contributed by atoms with Crippen molar-refractivity contribution in [2.75, 3.05) is 0 Å². The molecule has 1 saturated heterocycles. The molecular weight excluding hydrogens is 320 g/mol. The van der Waals surface area contributed by atoms with Gasteiger partial charge in [0.15, 0.2) is 6.04 Å². The second kappa shape index (κ2) is 4.70. The number of rotatable bonds is 2. The number of carbonyl (C=O) groups excluding carboxylic acids is 1. The van der Waals surface area contributed by atoms with E-state index in [1.807, 2.05) is 20.8 Å². The number of β-lactam (4-membered cyclic amide) rings is 1. The fourth-order valence-corrected chi connectivity index (χ4v) is 3.99. The summed E-state index contributed by atoms with van der Waals surface area (Å²) in [5, 5.41) is 9.02. The molecule has 18 heavy (non-hydrogen) atoms. The van der Waals surface area contributed by atoms with Crippen molar-refractivity contribution in [2.24, 2.45) is 4.99 Å². The number of hydrogen-bond acceptors (Lipinski definition) is 4. The first kappa shape index (κ1) is 13.6. The van der Waals surface area contributed by atoms with E-state index in [1.54, 1.807) is 11.8 Å². The van der Waals surface area contributed by atoms with Crippen molar-refractivity contribution < 1.29 is 14.7 Å². The summed E-state index contributed by atoms with van der Waals surface area (Å²) in [6.45, 7) is 5.57. The van der Waals surface area contributed by atoms with E-state index in [-0.39, 0.29) is 22.2 Å². The van der Waals surface area contributed by atoms with Crippen LogP contribution in [0.1, 0.15) is 20.8 Å². The number of thioether (sulfide) groups is 1. The summed E-state index contributed by atoms with van der Waals surface area (Å²) in [5.74, 6) is -1.32. The lowest BCUT2D eigenvalue weighted by Crippen LogP contribution is -2.64. The molecule has 1 fully saturated rings. The quantitative estimate of drug-likeness (QED) is 0.618. The number of carboxylic acids is 1. The van der Waals surface area contributed by atoms with Crippen LogP contribution in [0.3, 0.4) is 0 Å². The Balaban J connectivity index is 2.37. The third-order valence-electron chi connectivity index (χ3n) is 2.78. The molecule has 0 aromatic rings. The van der Waals surface area contributed by atoms with Crippen LogP contribution in [0.15, 0.2) is 15.2 Å². The number of amides is 1. The van der Waals surface area contributed by atoms with Gasteiger partial charge in [0.25, 0.3) is 5.91 Å². The molecule has 98 valence electrons. The van der Waals surface area contributed by atoms with Crippen molar-refractivity contribution in [2.45, 2.75) is 37.4 Å². The smallest absolute Gasteiger partial charge is 0.353 e. The van der Waals surface area contributed by atoms with Gasteiger partial charge in [0, 0.05) is 15.4 Å². The van der Waals surface area contributed by atoms with Crippen molar-refractivity contribution in [1.82, 2.24) is 4.90 Å². The van der Waals surface area contributed by atoms with Crippen LogP contribution < -0.4 is 0 Å². The van der Waals surface area contributed by atoms with Gasteiger partial charge < -0.3 is 5.11 Å². The van der Waals surface area contributed by atoms with Crippen molar-refractivity contribution in [3.63, 3.8) is 0 Å². The molecule has 2 rings (SSSR count). The first-order valence-electron chi connectivity index (χ1n) is 5.47. The number of carbonyl (C=O) groups is 2. The van der Waals surface area contributed by atoms with Gasteiger partial charge in [-0.1, -0.05) is 15.9 Å². The third kappa shape index (κ3) is 1.99. The Morgan fingerprint density at radius 3 is 2.61 bits per heavy atom. The number of fused-ring (bicyclic) bond motifs is 1. The molecule has 0 spiro atoms. The monoisotopic (exact) mass is 332 g/mol. The molecule has 2 aliphatic heterocycles. The molecule has 0 aliphatic carbocycles. The van der Waals surface area contributed by atoms with Gasteiger partial charge in [0.2, 0.25) is 0 Å². The maximum absolute atomic E-state index is 12.0. The minimum absolute atomic E-state index is 0.0142. The Morgan fingerprint density at radius 2 is 2.11 bits per heavy atom. The molecular formula is C11H13BrN2O3S. The fraction of sp³-hybridized carbons (Fsp3) is 0.545. The minimum atomic E-state index is -1.08. The van der Waals surface area contributed by atoms with Gasteiger partial charge in [0.05, 0.1) is 0 Å². The molecule has 1 amide bonds. The lowest BCUT2D eigenvalue weighted by atomic mass is 10.1. The van der Waals surface area contributed by atoms with E-state index >= 15 is 0 Å². The first-order valence-corrected chi connectivity index (χ1v) is 7.20. The zero-order valence-corrected chi connectivity index (χ0v) is 12.6. The average Bonchev–Trinajstić information content (AvgIpc) is 2.28. The summed E-state index contributed by atoms with van der Waals surface area (Å²) in [5.41, 5.74) is 0.878. The van der Waals surface area contributed by atoms with E-state index in [9.17, 15) is 14.7 Å². The van der Waals surface area contributed by atoms with E-state index < -0.39 is 12.0 Å². The Hall–Kier alpha value is -0.820. The largest absolute Gasteiger partial charge is 0.477 e. The Kier molecular flexibility index (Phi) is 3.55. The summed E-state index contributed by atoms with van der Waals surface area (Å²) in [6.07, 6.45) is 0. The molecule has 3 atom stereocenters. The van der Waals surface area contributed by atoms with Gasteiger partial charge in [-0.25, -0.2) is 4.79 Å². The summed E-state index contributed by atoms with van der Waals surface area (Å²) in [4.78, 5) is 28.8. The first-order chi connectivity index (χ1) is 8.34. The average molecular weight is 333 g/mol. The van der Waals surface area contributed by atoms with E-state index in [4.69, 9.17) is 0 Å². The predicted octanol–water partition coefficient (Wildman–Crippen LogP) is 1.83. The summed E-state index contributed by atoms with van der Waals surface area (Å²) < 4.78 is 0.556. The molecule has 1 unspecified atom stereocenters. The summed E-state index contributed by atoms with van der Waals surface area (Å²) >= 11 is 4.82. The van der Waals surface area contributed by atoms with Gasteiger partial charge in [-0.05, 0) is 20.8 Å². The SMILES string of the molecule is CC(C)=N[C@@H]1C(=O)N2C(C(=O)O)=C(Br)C(C)S[C@H]12. The number of aliphatic imine (C=N–C) groups is 1. The van der Waals surface area contributed by atoms with Crippen molar-refractivity contribution in [1.29, 1.82) is 0 Å². The number of hydrogen-bond donors (Lipinski definition) is 1. The molecule has 0 aromatic carbocycles. The lowest BCUT2D eigenvalue weighted by molar-refractivity contribution is -0.147. The van der Waals surface area contributed by atoms with E-state index in [2.05, 4.69) is 20.9 Å². The molecule has 2 heterocycles. The summed E-state index contributed by atoms with van der Waals surface area (Å²) in [7, 11) is 0. The second-order valence-electron chi connectivity index (χ2n) is 4.40. The van der Waals surface area contributed by atoms with Crippen LogP contribution in [0.5, 0.6) is 0 Å². The molecule has 0 aromatic heterocycles. The highest BCUT2D eigenvalue weighted by Crippen LogP contribution is 2.46. The van der Waals surface area contributed by atoms with Crippen LogP contribution in [0.4, 0.5) is 0 Å². The number of halogens is 1. The Bertz CT molecular complexity index is 485. The van der Waals surface area contributed by atoms with Crippen LogP contribution in [-0.4, -0.2) is 44.3 Å². The summed E-state index contributed by atoms with van der Waals surface area (Å²) in [6, 6.07) is -0.447. The third-order valence-corrected chi connectivity index (χ3v) is 5.54. The minimum Gasteiger partial charge on any atom is -0.477 e. The molecule has 0 radical (unpaired) electrons. The highest BCUT2D eigenvalue weighted by molar-refractivity contribution is 9.12. The van der Waals surface area contributed by atoms with Crippen LogP contribution in [0.25, 0.3) is 0 Å². The zero-order valence-electron chi connectivity index (χ0n) is 10.2. The molecule has 2 aliphatic rings. The highest BCUT2D eigenvalue weighted by Gasteiger charge is 2.54.